The Balaban J connectivity index is 3.28. The van der Waals surface area contributed by atoms with Gasteiger partial charge in [-0.2, -0.15) is 0 Å². The molecular formula is C9H19NO2. The molecule has 3 nitrogen and oxygen atoms in total. The monoisotopic (exact) mass is 173 g/mol. The van der Waals surface area contributed by atoms with E-state index < -0.39 is 0 Å². The largest absolute Gasteiger partial charge is 0.450 e. The molecule has 0 saturated carbocycles. The van der Waals surface area contributed by atoms with Crippen LogP contribution in [0.15, 0.2) is 0 Å². The van der Waals surface area contributed by atoms with Crippen molar-refractivity contribution in [2.24, 2.45) is 5.41 Å². The fraction of sp³-hybridized carbons (Fsp3) is 0.889. The van der Waals surface area contributed by atoms with Gasteiger partial charge in [0.15, 0.2) is 0 Å². The van der Waals surface area contributed by atoms with Crippen LogP contribution in [0.3, 0.4) is 0 Å². The van der Waals surface area contributed by atoms with E-state index in [1.165, 1.54) is 0 Å². The quantitative estimate of drug-likeness (QED) is 0.664. The lowest BCUT2D eigenvalue weighted by Gasteiger charge is -2.17. The van der Waals surface area contributed by atoms with Crippen molar-refractivity contribution in [2.45, 2.75) is 33.6 Å². The molecule has 0 aliphatic rings. The Morgan fingerprint density at radius 1 is 1.42 bits per heavy atom. The summed E-state index contributed by atoms with van der Waals surface area (Å²) in [4.78, 5) is 10.6. The van der Waals surface area contributed by atoms with Gasteiger partial charge in [-0.15, -0.1) is 0 Å². The molecule has 0 saturated heterocycles. The van der Waals surface area contributed by atoms with Crippen LogP contribution in [0, 0.1) is 5.41 Å². The number of carbonyl (C=O) groups excluding carboxylic acids is 1. The van der Waals surface area contributed by atoms with Crippen LogP contribution in [-0.4, -0.2) is 19.7 Å². The molecule has 0 aliphatic carbocycles. The van der Waals surface area contributed by atoms with Crippen LogP contribution in [0.25, 0.3) is 0 Å². The van der Waals surface area contributed by atoms with Gasteiger partial charge in [0.05, 0.1) is 6.61 Å². The lowest BCUT2D eigenvalue weighted by atomic mass is 9.91. The highest BCUT2D eigenvalue weighted by Crippen LogP contribution is 2.20. The average molecular weight is 173 g/mol. The maximum absolute atomic E-state index is 10.6. The molecule has 0 aliphatic heterocycles. The Labute approximate surface area is 74.5 Å². The van der Waals surface area contributed by atoms with Crippen LogP contribution in [0.5, 0.6) is 0 Å². The van der Waals surface area contributed by atoms with Crippen molar-refractivity contribution in [1.82, 2.24) is 5.32 Å². The normalized spacial score (nSPS) is 11.0. The van der Waals surface area contributed by atoms with Gasteiger partial charge >= 0.3 is 6.09 Å². The minimum absolute atomic E-state index is 0.325. The number of nitrogens with one attached hydrogen (secondary N) is 1. The van der Waals surface area contributed by atoms with E-state index in [0.29, 0.717) is 12.0 Å². The number of amides is 1. The Bertz CT molecular complexity index is 138. The van der Waals surface area contributed by atoms with E-state index in [1.807, 2.05) is 0 Å². The molecule has 0 spiro atoms. The number of hydrogen-bond donors (Lipinski definition) is 1. The first-order valence-corrected chi connectivity index (χ1v) is 4.30. The molecule has 1 amide bonds. The van der Waals surface area contributed by atoms with Crippen molar-refractivity contribution in [2.75, 3.05) is 13.7 Å². The van der Waals surface area contributed by atoms with Gasteiger partial charge in [0.1, 0.15) is 0 Å². The highest BCUT2D eigenvalue weighted by atomic mass is 16.5. The Morgan fingerprint density at radius 2 is 2.00 bits per heavy atom. The van der Waals surface area contributed by atoms with Crippen LogP contribution >= 0.6 is 0 Å². The van der Waals surface area contributed by atoms with Crippen molar-refractivity contribution in [3.05, 3.63) is 0 Å². The number of carbonyl (C=O) groups is 1. The molecule has 72 valence electrons. The van der Waals surface area contributed by atoms with Gasteiger partial charge in [-0.3, -0.25) is 0 Å². The molecule has 0 rings (SSSR count). The second kappa shape index (κ2) is 5.01. The van der Waals surface area contributed by atoms with E-state index in [-0.39, 0.29) is 6.09 Å². The third-order valence-electron chi connectivity index (χ3n) is 1.51. The van der Waals surface area contributed by atoms with Gasteiger partial charge < -0.3 is 10.1 Å². The van der Waals surface area contributed by atoms with Gasteiger partial charge in [-0.25, -0.2) is 4.79 Å². The van der Waals surface area contributed by atoms with Crippen LogP contribution in [0.2, 0.25) is 0 Å². The SMILES string of the molecule is CNC(=O)OCCCC(C)(C)C. The topological polar surface area (TPSA) is 38.3 Å². The van der Waals surface area contributed by atoms with Gasteiger partial charge in [0, 0.05) is 7.05 Å². The molecule has 0 bridgehead atoms. The summed E-state index contributed by atoms with van der Waals surface area (Å²) < 4.78 is 4.84. The van der Waals surface area contributed by atoms with Gasteiger partial charge in [-0.1, -0.05) is 20.8 Å². The van der Waals surface area contributed by atoms with E-state index in [2.05, 4.69) is 26.1 Å². The zero-order valence-electron chi connectivity index (χ0n) is 8.44. The number of ether oxygens (including phenoxy) is 1. The summed E-state index contributed by atoms with van der Waals surface area (Å²) >= 11 is 0. The number of alkyl carbamates (subject to hydrolysis) is 1. The Kier molecular flexibility index (Phi) is 4.71. The molecule has 1 N–H and O–H groups in total. The van der Waals surface area contributed by atoms with E-state index >= 15 is 0 Å². The maximum atomic E-state index is 10.6. The van der Waals surface area contributed by atoms with Crippen LogP contribution in [-0.2, 0) is 4.74 Å². The van der Waals surface area contributed by atoms with Crippen molar-refractivity contribution >= 4 is 6.09 Å². The van der Waals surface area contributed by atoms with Crippen molar-refractivity contribution < 1.29 is 9.53 Å². The lowest BCUT2D eigenvalue weighted by molar-refractivity contribution is 0.141. The third-order valence-corrected chi connectivity index (χ3v) is 1.51. The minimum Gasteiger partial charge on any atom is -0.450 e. The molecule has 0 aromatic rings. The summed E-state index contributed by atoms with van der Waals surface area (Å²) in [5.74, 6) is 0. The Hall–Kier alpha value is -0.730. The van der Waals surface area contributed by atoms with E-state index in [1.54, 1.807) is 7.05 Å². The first-order valence-electron chi connectivity index (χ1n) is 4.30. The zero-order chi connectivity index (χ0) is 9.61. The van der Waals surface area contributed by atoms with Crippen LogP contribution in [0.1, 0.15) is 33.6 Å². The van der Waals surface area contributed by atoms with E-state index in [9.17, 15) is 4.79 Å². The molecule has 0 unspecified atom stereocenters. The standard InChI is InChI=1S/C9H19NO2/c1-9(2,3)6-5-7-12-8(11)10-4/h5-7H2,1-4H3,(H,10,11). The number of rotatable bonds is 3. The molecular weight excluding hydrogens is 154 g/mol. The zero-order valence-corrected chi connectivity index (χ0v) is 8.44. The molecule has 0 atom stereocenters. The molecule has 0 aromatic carbocycles. The van der Waals surface area contributed by atoms with Crippen LogP contribution < -0.4 is 5.32 Å². The second-order valence-electron chi connectivity index (χ2n) is 4.05. The predicted octanol–water partition coefficient (Wildman–Crippen LogP) is 2.17. The van der Waals surface area contributed by atoms with Gasteiger partial charge in [0.2, 0.25) is 0 Å². The summed E-state index contributed by atoms with van der Waals surface area (Å²) in [6.07, 6.45) is 1.66. The Morgan fingerprint density at radius 3 is 2.42 bits per heavy atom. The molecule has 3 heteroatoms. The second-order valence-corrected chi connectivity index (χ2v) is 4.05. The van der Waals surface area contributed by atoms with Crippen molar-refractivity contribution in [3.63, 3.8) is 0 Å². The summed E-state index contributed by atoms with van der Waals surface area (Å²) in [7, 11) is 1.56. The molecule has 0 aromatic heterocycles. The fourth-order valence-corrected chi connectivity index (χ4v) is 0.840. The molecule has 0 radical (unpaired) electrons. The van der Waals surface area contributed by atoms with E-state index in [0.717, 1.165) is 12.8 Å². The smallest absolute Gasteiger partial charge is 0.406 e. The molecule has 0 heterocycles. The lowest BCUT2D eigenvalue weighted by Crippen LogP contribution is -2.20. The predicted molar refractivity (Wildman–Crippen MR) is 49.1 cm³/mol. The van der Waals surface area contributed by atoms with Crippen LogP contribution in [0.4, 0.5) is 4.79 Å². The molecule has 0 fully saturated rings. The van der Waals surface area contributed by atoms with Gasteiger partial charge in [-0.05, 0) is 18.3 Å². The number of hydrogen-bond acceptors (Lipinski definition) is 2. The maximum Gasteiger partial charge on any atom is 0.406 e. The first-order chi connectivity index (χ1) is 5.45. The van der Waals surface area contributed by atoms with Gasteiger partial charge in [0.25, 0.3) is 0 Å². The first kappa shape index (κ1) is 11.3. The fourth-order valence-electron chi connectivity index (χ4n) is 0.840. The summed E-state index contributed by atoms with van der Waals surface area (Å²) in [6.45, 7) is 7.03. The summed E-state index contributed by atoms with van der Waals surface area (Å²) in [5, 5.41) is 2.40. The summed E-state index contributed by atoms with van der Waals surface area (Å²) in [5.41, 5.74) is 0.325. The third kappa shape index (κ3) is 7.38. The van der Waals surface area contributed by atoms with E-state index in [4.69, 9.17) is 4.74 Å². The average Bonchev–Trinajstić information content (AvgIpc) is 1.96. The van der Waals surface area contributed by atoms with Crippen molar-refractivity contribution in [1.29, 1.82) is 0 Å². The summed E-state index contributed by atoms with van der Waals surface area (Å²) in [6, 6.07) is 0. The highest BCUT2D eigenvalue weighted by molar-refractivity contribution is 5.66. The molecule has 12 heavy (non-hydrogen) atoms. The van der Waals surface area contributed by atoms with Crippen molar-refractivity contribution in [3.8, 4) is 0 Å². The minimum atomic E-state index is -0.344. The highest BCUT2D eigenvalue weighted by Gasteiger charge is 2.09.